The van der Waals surface area contributed by atoms with Crippen molar-refractivity contribution in [3.63, 3.8) is 0 Å². The zero-order valence-electron chi connectivity index (χ0n) is 17.7. The van der Waals surface area contributed by atoms with Crippen LogP contribution in [-0.2, 0) is 16.4 Å². The summed E-state index contributed by atoms with van der Waals surface area (Å²) in [4.78, 5) is 8.92. The van der Waals surface area contributed by atoms with E-state index in [4.69, 9.17) is 9.47 Å². The van der Waals surface area contributed by atoms with Gasteiger partial charge >= 0.3 is 0 Å². The van der Waals surface area contributed by atoms with E-state index in [1.807, 2.05) is 18.2 Å². The maximum absolute atomic E-state index is 11.2. The number of nitrogens with one attached hydrogen (secondary N) is 1. The molecule has 1 aliphatic heterocycles. The maximum atomic E-state index is 11.2. The molecule has 0 atom stereocenters. The molecule has 0 aliphatic carbocycles. The highest BCUT2D eigenvalue weighted by molar-refractivity contribution is 14.0. The van der Waals surface area contributed by atoms with Crippen molar-refractivity contribution in [2.45, 2.75) is 13.0 Å². The Labute approximate surface area is 191 Å². The molecular formula is C19H33IN4O4S. The van der Waals surface area contributed by atoms with Gasteiger partial charge in [-0.15, -0.1) is 24.0 Å². The van der Waals surface area contributed by atoms with E-state index in [9.17, 15) is 8.42 Å². The summed E-state index contributed by atoms with van der Waals surface area (Å²) in [5, 5.41) is 3.27. The molecule has 0 saturated carbocycles. The van der Waals surface area contributed by atoms with Gasteiger partial charge in [0.1, 0.15) is 21.3 Å². The standard InChI is InChI=1S/C19H32N4O4S.HI/c1-20-19(21-8-5-13-28(4,24)25)23-11-9-22(10-12-23)15-16-14-17(26-2)6-7-18(16)27-3;/h6-7,14H,5,8-13,15H2,1-4H3,(H,20,21);1H. The molecule has 0 spiro atoms. The average Bonchev–Trinajstić information content (AvgIpc) is 2.68. The number of aliphatic imine (C=N–C) groups is 1. The van der Waals surface area contributed by atoms with Crippen molar-refractivity contribution >= 4 is 39.8 Å². The van der Waals surface area contributed by atoms with Gasteiger partial charge in [-0.3, -0.25) is 9.89 Å². The number of halogens is 1. The molecule has 1 aliphatic rings. The lowest BCUT2D eigenvalue weighted by Crippen LogP contribution is -2.52. The third-order valence-electron chi connectivity index (χ3n) is 4.74. The first-order valence-electron chi connectivity index (χ1n) is 9.43. The van der Waals surface area contributed by atoms with Crippen LogP contribution in [0.1, 0.15) is 12.0 Å². The van der Waals surface area contributed by atoms with Gasteiger partial charge in [0.25, 0.3) is 0 Å². The minimum Gasteiger partial charge on any atom is -0.497 e. The van der Waals surface area contributed by atoms with Crippen molar-refractivity contribution in [2.75, 3.05) is 66.0 Å². The Morgan fingerprint density at radius 3 is 2.41 bits per heavy atom. The monoisotopic (exact) mass is 540 g/mol. The SMILES string of the molecule is CN=C(NCCCS(C)(=O)=O)N1CCN(Cc2cc(OC)ccc2OC)CC1.I. The fourth-order valence-electron chi connectivity index (χ4n) is 3.23. The van der Waals surface area contributed by atoms with Crippen LogP contribution in [0.25, 0.3) is 0 Å². The summed E-state index contributed by atoms with van der Waals surface area (Å²) in [5.74, 6) is 2.71. The maximum Gasteiger partial charge on any atom is 0.193 e. The van der Waals surface area contributed by atoms with Crippen molar-refractivity contribution in [2.24, 2.45) is 4.99 Å². The first-order valence-corrected chi connectivity index (χ1v) is 11.5. The van der Waals surface area contributed by atoms with E-state index in [1.54, 1.807) is 21.3 Å². The Hall–Kier alpha value is -1.27. The number of guanidine groups is 1. The smallest absolute Gasteiger partial charge is 0.193 e. The van der Waals surface area contributed by atoms with Gasteiger partial charge in [-0.05, 0) is 24.6 Å². The molecule has 2 rings (SSSR count). The molecule has 1 fully saturated rings. The molecule has 0 unspecified atom stereocenters. The number of benzene rings is 1. The predicted octanol–water partition coefficient (Wildman–Crippen LogP) is 1.45. The molecule has 0 aromatic heterocycles. The molecule has 1 heterocycles. The molecule has 0 amide bonds. The molecule has 1 N–H and O–H groups in total. The van der Waals surface area contributed by atoms with Crippen LogP contribution in [-0.4, -0.2) is 90.2 Å². The second-order valence-electron chi connectivity index (χ2n) is 6.90. The summed E-state index contributed by atoms with van der Waals surface area (Å²) >= 11 is 0. The Kier molecular flexibility index (Phi) is 11.0. The minimum atomic E-state index is -2.92. The minimum absolute atomic E-state index is 0. The van der Waals surface area contributed by atoms with Crippen LogP contribution in [0.4, 0.5) is 0 Å². The number of nitrogens with zero attached hydrogens (tertiary/aromatic N) is 3. The van der Waals surface area contributed by atoms with Crippen molar-refractivity contribution in [1.29, 1.82) is 0 Å². The Bertz CT molecular complexity index is 765. The van der Waals surface area contributed by atoms with E-state index >= 15 is 0 Å². The van der Waals surface area contributed by atoms with Gasteiger partial charge in [0.2, 0.25) is 0 Å². The topological polar surface area (TPSA) is 83.5 Å². The second kappa shape index (κ2) is 12.4. The molecule has 10 heteroatoms. The van der Waals surface area contributed by atoms with Crippen molar-refractivity contribution in [1.82, 2.24) is 15.1 Å². The van der Waals surface area contributed by atoms with E-state index in [1.165, 1.54) is 6.26 Å². The van der Waals surface area contributed by atoms with Crippen LogP contribution < -0.4 is 14.8 Å². The first-order chi connectivity index (χ1) is 13.4. The number of ether oxygens (including phenoxy) is 2. The van der Waals surface area contributed by atoms with Gasteiger partial charge < -0.3 is 19.7 Å². The second-order valence-corrected chi connectivity index (χ2v) is 9.16. The fraction of sp³-hybridized carbons (Fsp3) is 0.632. The van der Waals surface area contributed by atoms with Crippen molar-refractivity contribution in [3.05, 3.63) is 23.8 Å². The lowest BCUT2D eigenvalue weighted by atomic mass is 10.1. The van der Waals surface area contributed by atoms with E-state index in [0.717, 1.165) is 55.7 Å². The molecule has 8 nitrogen and oxygen atoms in total. The Balaban J connectivity index is 0.00000420. The predicted molar refractivity (Wildman–Crippen MR) is 128 cm³/mol. The van der Waals surface area contributed by atoms with Crippen LogP contribution in [0.2, 0.25) is 0 Å². The normalized spacial score (nSPS) is 15.6. The largest absolute Gasteiger partial charge is 0.497 e. The van der Waals surface area contributed by atoms with Gasteiger partial charge in [0.15, 0.2) is 5.96 Å². The summed E-state index contributed by atoms with van der Waals surface area (Å²) in [5.41, 5.74) is 1.11. The van der Waals surface area contributed by atoms with E-state index in [-0.39, 0.29) is 29.7 Å². The number of hydrogen-bond donors (Lipinski definition) is 1. The van der Waals surface area contributed by atoms with E-state index < -0.39 is 9.84 Å². The molecular weight excluding hydrogens is 507 g/mol. The molecule has 0 radical (unpaired) electrons. The molecule has 166 valence electrons. The van der Waals surface area contributed by atoms with Crippen LogP contribution in [0, 0.1) is 0 Å². The number of rotatable bonds is 8. The van der Waals surface area contributed by atoms with Crippen molar-refractivity contribution < 1.29 is 17.9 Å². The van der Waals surface area contributed by atoms with Gasteiger partial charge in [-0.2, -0.15) is 0 Å². The summed E-state index contributed by atoms with van der Waals surface area (Å²) in [6.45, 7) is 4.93. The fourth-order valence-corrected chi connectivity index (χ4v) is 3.90. The summed E-state index contributed by atoms with van der Waals surface area (Å²) < 4.78 is 33.3. The van der Waals surface area contributed by atoms with E-state index in [2.05, 4.69) is 20.1 Å². The zero-order valence-corrected chi connectivity index (χ0v) is 20.8. The van der Waals surface area contributed by atoms with Gasteiger partial charge in [0, 0.05) is 58.1 Å². The molecule has 1 saturated heterocycles. The summed E-state index contributed by atoms with van der Waals surface area (Å²) in [6, 6.07) is 5.86. The van der Waals surface area contributed by atoms with Crippen LogP contribution in [0.5, 0.6) is 11.5 Å². The number of hydrogen-bond acceptors (Lipinski definition) is 6. The Morgan fingerprint density at radius 2 is 1.86 bits per heavy atom. The number of sulfone groups is 1. The summed E-state index contributed by atoms with van der Waals surface area (Å²) in [7, 11) is 2.18. The van der Waals surface area contributed by atoms with Crippen LogP contribution in [0.3, 0.4) is 0 Å². The summed E-state index contributed by atoms with van der Waals surface area (Å²) in [6.07, 6.45) is 1.84. The molecule has 1 aromatic rings. The highest BCUT2D eigenvalue weighted by Crippen LogP contribution is 2.25. The van der Waals surface area contributed by atoms with E-state index in [0.29, 0.717) is 13.0 Å². The molecule has 29 heavy (non-hydrogen) atoms. The third kappa shape index (κ3) is 8.55. The van der Waals surface area contributed by atoms with Gasteiger partial charge in [0.05, 0.1) is 20.0 Å². The van der Waals surface area contributed by atoms with Gasteiger partial charge in [-0.25, -0.2) is 8.42 Å². The average molecular weight is 540 g/mol. The first kappa shape index (κ1) is 25.8. The highest BCUT2D eigenvalue weighted by Gasteiger charge is 2.20. The van der Waals surface area contributed by atoms with Crippen molar-refractivity contribution in [3.8, 4) is 11.5 Å². The number of piperazine rings is 1. The molecule has 0 bridgehead atoms. The quantitative estimate of drug-likeness (QED) is 0.231. The third-order valence-corrected chi connectivity index (χ3v) is 5.77. The number of methoxy groups -OCH3 is 2. The van der Waals surface area contributed by atoms with Gasteiger partial charge in [-0.1, -0.05) is 0 Å². The Morgan fingerprint density at radius 1 is 1.17 bits per heavy atom. The molecule has 1 aromatic carbocycles. The van der Waals surface area contributed by atoms with Crippen LogP contribution in [0.15, 0.2) is 23.2 Å². The highest BCUT2D eigenvalue weighted by atomic mass is 127. The zero-order chi connectivity index (χ0) is 20.6. The van der Waals surface area contributed by atoms with Crippen LogP contribution >= 0.6 is 24.0 Å². The lowest BCUT2D eigenvalue weighted by molar-refractivity contribution is 0.171. The lowest BCUT2D eigenvalue weighted by Gasteiger charge is -2.36.